The largest absolute Gasteiger partial charge is 0.397 e. The molecule has 2 aliphatic rings. The molecule has 0 saturated heterocycles. The number of fused-ring (bicyclic) bond motifs is 1. The molecule has 3 rings (SSSR count). The Labute approximate surface area is 112 Å². The van der Waals surface area contributed by atoms with E-state index in [1.54, 1.807) is 0 Å². The van der Waals surface area contributed by atoms with E-state index in [9.17, 15) is 9.90 Å². The molecule has 1 aromatic rings. The first-order valence-corrected chi connectivity index (χ1v) is 6.79. The van der Waals surface area contributed by atoms with E-state index in [0.29, 0.717) is 19.0 Å². The lowest BCUT2D eigenvalue weighted by atomic mass is 10.0. The number of benzene rings is 1. The minimum absolute atomic E-state index is 0.0587. The number of amides is 1. The molecule has 1 saturated carbocycles. The Morgan fingerprint density at radius 2 is 2.16 bits per heavy atom. The Balaban J connectivity index is 1.96. The van der Waals surface area contributed by atoms with E-state index < -0.39 is 0 Å². The molecule has 0 spiro atoms. The van der Waals surface area contributed by atoms with Gasteiger partial charge < -0.3 is 21.1 Å². The summed E-state index contributed by atoms with van der Waals surface area (Å²) < 4.78 is 0. The summed E-state index contributed by atoms with van der Waals surface area (Å²) in [4.78, 5) is 13.6. The van der Waals surface area contributed by atoms with Crippen LogP contribution in [0.5, 0.6) is 0 Å². The molecule has 5 heteroatoms. The van der Waals surface area contributed by atoms with Gasteiger partial charge in [0.25, 0.3) is 0 Å². The first kappa shape index (κ1) is 12.3. The zero-order valence-corrected chi connectivity index (χ0v) is 10.9. The standard InChI is InChI=1S/C14H19N3O2/c15-11-7-9-1-4-14(19)16-12(9)8-13(11)17(5-6-18)10-2-3-10/h7-8,10,18H,1-6,15H2,(H,16,19). The number of aliphatic hydroxyl groups is 1. The number of nitrogen functional groups attached to an aromatic ring is 1. The zero-order valence-electron chi connectivity index (χ0n) is 10.9. The van der Waals surface area contributed by atoms with Crippen LogP contribution < -0.4 is 16.0 Å². The highest BCUT2D eigenvalue weighted by molar-refractivity contribution is 5.95. The summed E-state index contributed by atoms with van der Waals surface area (Å²) in [5.74, 6) is 0.0587. The molecule has 0 radical (unpaired) electrons. The third-order valence-corrected chi connectivity index (χ3v) is 3.79. The maximum absolute atomic E-state index is 11.5. The number of aliphatic hydroxyl groups excluding tert-OH is 1. The third kappa shape index (κ3) is 2.38. The predicted octanol–water partition coefficient (Wildman–Crippen LogP) is 1.11. The summed E-state index contributed by atoms with van der Waals surface area (Å²) >= 11 is 0. The van der Waals surface area contributed by atoms with Gasteiger partial charge in [0, 0.05) is 24.7 Å². The lowest BCUT2D eigenvalue weighted by molar-refractivity contribution is -0.116. The average Bonchev–Trinajstić information content (AvgIpc) is 3.20. The molecule has 102 valence electrons. The van der Waals surface area contributed by atoms with E-state index in [4.69, 9.17) is 5.73 Å². The van der Waals surface area contributed by atoms with Crippen LogP contribution in [-0.2, 0) is 11.2 Å². The van der Waals surface area contributed by atoms with Crippen molar-refractivity contribution in [3.05, 3.63) is 17.7 Å². The van der Waals surface area contributed by atoms with Crippen molar-refractivity contribution in [3.8, 4) is 0 Å². The monoisotopic (exact) mass is 261 g/mol. The molecule has 5 nitrogen and oxygen atoms in total. The molecule has 0 atom stereocenters. The fourth-order valence-corrected chi connectivity index (χ4v) is 2.68. The van der Waals surface area contributed by atoms with Crippen LogP contribution in [0.4, 0.5) is 17.1 Å². The predicted molar refractivity (Wildman–Crippen MR) is 75.3 cm³/mol. The summed E-state index contributed by atoms with van der Waals surface area (Å²) in [7, 11) is 0. The first-order chi connectivity index (χ1) is 9.19. The second-order valence-electron chi connectivity index (χ2n) is 5.26. The van der Waals surface area contributed by atoms with Gasteiger partial charge in [0.1, 0.15) is 0 Å². The quantitative estimate of drug-likeness (QED) is 0.710. The van der Waals surface area contributed by atoms with Crippen molar-refractivity contribution in [1.82, 2.24) is 0 Å². The molecule has 1 aromatic carbocycles. The van der Waals surface area contributed by atoms with Gasteiger partial charge in [-0.05, 0) is 37.0 Å². The maximum Gasteiger partial charge on any atom is 0.224 e. The average molecular weight is 261 g/mol. The highest BCUT2D eigenvalue weighted by atomic mass is 16.3. The normalized spacial score (nSPS) is 17.8. The van der Waals surface area contributed by atoms with Crippen LogP contribution in [0.2, 0.25) is 0 Å². The molecule has 1 aliphatic heterocycles. The molecular formula is C14H19N3O2. The molecule has 0 bridgehead atoms. The highest BCUT2D eigenvalue weighted by Crippen LogP contribution is 2.38. The number of nitrogens with one attached hydrogen (secondary N) is 1. The van der Waals surface area contributed by atoms with Crippen LogP contribution >= 0.6 is 0 Å². The molecule has 1 heterocycles. The second kappa shape index (κ2) is 4.74. The summed E-state index contributed by atoms with van der Waals surface area (Å²) in [6, 6.07) is 4.39. The van der Waals surface area contributed by atoms with Crippen molar-refractivity contribution in [2.24, 2.45) is 0 Å². The Morgan fingerprint density at radius 3 is 2.84 bits per heavy atom. The van der Waals surface area contributed by atoms with E-state index >= 15 is 0 Å². The van der Waals surface area contributed by atoms with Gasteiger partial charge in [-0.2, -0.15) is 0 Å². The van der Waals surface area contributed by atoms with Crippen LogP contribution in [0.3, 0.4) is 0 Å². The Bertz CT molecular complexity index is 512. The van der Waals surface area contributed by atoms with Crippen molar-refractivity contribution >= 4 is 23.0 Å². The fraction of sp³-hybridized carbons (Fsp3) is 0.500. The number of carbonyl (C=O) groups excluding carboxylic acids is 1. The molecule has 1 amide bonds. The summed E-state index contributed by atoms with van der Waals surface area (Å²) in [5, 5.41) is 12.1. The van der Waals surface area contributed by atoms with Crippen molar-refractivity contribution in [3.63, 3.8) is 0 Å². The number of hydrogen-bond acceptors (Lipinski definition) is 4. The Kier molecular flexibility index (Phi) is 3.06. The highest BCUT2D eigenvalue weighted by Gasteiger charge is 2.30. The van der Waals surface area contributed by atoms with Gasteiger partial charge in [-0.1, -0.05) is 0 Å². The van der Waals surface area contributed by atoms with Gasteiger partial charge >= 0.3 is 0 Å². The van der Waals surface area contributed by atoms with Crippen LogP contribution in [0.25, 0.3) is 0 Å². The fourth-order valence-electron chi connectivity index (χ4n) is 2.68. The number of nitrogens with zero attached hydrogens (tertiary/aromatic N) is 1. The van der Waals surface area contributed by atoms with Crippen molar-refractivity contribution < 1.29 is 9.90 Å². The van der Waals surface area contributed by atoms with Gasteiger partial charge in [0.05, 0.1) is 18.0 Å². The van der Waals surface area contributed by atoms with Gasteiger partial charge in [-0.3, -0.25) is 4.79 Å². The van der Waals surface area contributed by atoms with E-state index in [1.165, 1.54) is 0 Å². The number of anilines is 3. The van der Waals surface area contributed by atoms with E-state index in [2.05, 4.69) is 10.2 Å². The van der Waals surface area contributed by atoms with E-state index in [-0.39, 0.29) is 12.5 Å². The number of carbonyl (C=O) groups is 1. The van der Waals surface area contributed by atoms with Gasteiger partial charge in [-0.25, -0.2) is 0 Å². The summed E-state index contributed by atoms with van der Waals surface area (Å²) in [5.41, 5.74) is 9.76. The smallest absolute Gasteiger partial charge is 0.224 e. The molecular weight excluding hydrogens is 242 g/mol. The Morgan fingerprint density at radius 1 is 1.37 bits per heavy atom. The van der Waals surface area contributed by atoms with E-state index in [1.807, 2.05) is 12.1 Å². The molecule has 1 aliphatic carbocycles. The topological polar surface area (TPSA) is 78.6 Å². The van der Waals surface area contributed by atoms with Gasteiger partial charge in [0.15, 0.2) is 0 Å². The summed E-state index contributed by atoms with van der Waals surface area (Å²) in [6.45, 7) is 0.695. The molecule has 0 aromatic heterocycles. The molecule has 0 unspecified atom stereocenters. The van der Waals surface area contributed by atoms with Crippen LogP contribution in [0, 0.1) is 0 Å². The van der Waals surface area contributed by atoms with Crippen LogP contribution in [0.15, 0.2) is 12.1 Å². The SMILES string of the molecule is Nc1cc2c(cc1N(CCO)C1CC1)NC(=O)CC2. The van der Waals surface area contributed by atoms with Crippen molar-refractivity contribution in [1.29, 1.82) is 0 Å². The van der Waals surface area contributed by atoms with Gasteiger partial charge in [-0.15, -0.1) is 0 Å². The number of hydrogen-bond donors (Lipinski definition) is 3. The minimum Gasteiger partial charge on any atom is -0.397 e. The molecule has 4 N–H and O–H groups in total. The van der Waals surface area contributed by atoms with E-state index in [0.717, 1.165) is 41.9 Å². The first-order valence-electron chi connectivity index (χ1n) is 6.79. The second-order valence-corrected chi connectivity index (χ2v) is 5.26. The molecule has 19 heavy (non-hydrogen) atoms. The number of nitrogens with two attached hydrogens (primary N) is 1. The van der Waals surface area contributed by atoms with Crippen molar-refractivity contribution in [2.75, 3.05) is 29.1 Å². The molecule has 1 fully saturated rings. The van der Waals surface area contributed by atoms with Crippen LogP contribution in [0.1, 0.15) is 24.8 Å². The number of aryl methyl sites for hydroxylation is 1. The minimum atomic E-state index is 0.0587. The lowest BCUT2D eigenvalue weighted by Gasteiger charge is -2.28. The van der Waals surface area contributed by atoms with Crippen LogP contribution in [-0.4, -0.2) is 30.2 Å². The zero-order chi connectivity index (χ0) is 13.4. The maximum atomic E-state index is 11.5. The summed E-state index contributed by atoms with van der Waals surface area (Å²) in [6.07, 6.45) is 3.55. The van der Waals surface area contributed by atoms with Gasteiger partial charge in [0.2, 0.25) is 5.91 Å². The number of rotatable bonds is 4. The third-order valence-electron chi connectivity index (χ3n) is 3.79. The lowest BCUT2D eigenvalue weighted by Crippen LogP contribution is -2.30. The van der Waals surface area contributed by atoms with Crippen molar-refractivity contribution in [2.45, 2.75) is 31.7 Å². The Hall–Kier alpha value is -1.75.